The van der Waals surface area contributed by atoms with Crippen molar-refractivity contribution >= 4 is 21.5 Å². The minimum Gasteiger partial charge on any atom is -0.482 e. The smallest absolute Gasteiger partial charge is 0.253 e. The normalized spacial score (nSPS) is 17.0. The van der Waals surface area contributed by atoms with E-state index >= 15 is 0 Å². The predicted molar refractivity (Wildman–Crippen MR) is 134 cm³/mol. The van der Waals surface area contributed by atoms with E-state index in [1.54, 1.807) is 30.0 Å². The highest BCUT2D eigenvalue weighted by molar-refractivity contribution is 7.89. The molecule has 0 saturated carbocycles. The van der Waals surface area contributed by atoms with Gasteiger partial charge in [-0.05, 0) is 74.5 Å². The number of rotatable bonds is 7. The van der Waals surface area contributed by atoms with E-state index in [-0.39, 0.29) is 10.8 Å². The summed E-state index contributed by atoms with van der Waals surface area (Å²) in [6.45, 7) is 9.03. The predicted octanol–water partition coefficient (Wildman–Crippen LogP) is 3.41. The molecule has 1 amide bonds. The van der Waals surface area contributed by atoms with Crippen LogP contribution in [0.1, 0.15) is 55.1 Å². The Morgan fingerprint density at radius 1 is 1.06 bits per heavy atom. The van der Waals surface area contributed by atoms with Crippen LogP contribution in [0, 0.1) is 0 Å². The summed E-state index contributed by atoms with van der Waals surface area (Å²) in [5, 5.41) is 3.38. The van der Waals surface area contributed by atoms with Gasteiger partial charge in [0.05, 0.1) is 4.90 Å². The molecule has 2 aromatic carbocycles. The largest absolute Gasteiger partial charge is 0.482 e. The number of fused-ring (bicyclic) bond motifs is 1. The lowest BCUT2D eigenvalue weighted by Gasteiger charge is -2.40. The highest BCUT2D eigenvalue weighted by Crippen LogP contribution is 2.43. The van der Waals surface area contributed by atoms with Crippen molar-refractivity contribution in [3.63, 3.8) is 0 Å². The van der Waals surface area contributed by atoms with Gasteiger partial charge < -0.3 is 15.0 Å². The summed E-state index contributed by atoms with van der Waals surface area (Å²) < 4.78 is 34.4. The number of sulfonamides is 1. The fraction of sp³-hybridized carbons (Fsp3) is 0.423. The summed E-state index contributed by atoms with van der Waals surface area (Å²) in [4.78, 5) is 14.8. The molecule has 0 aromatic heterocycles. The molecular formula is C26H33N3O4S. The average Bonchev–Trinajstić information content (AvgIpc) is 2.84. The Bertz CT molecular complexity index is 1180. The van der Waals surface area contributed by atoms with Gasteiger partial charge in [-0.3, -0.25) is 4.79 Å². The molecule has 182 valence electrons. The van der Waals surface area contributed by atoms with E-state index in [1.165, 1.54) is 0 Å². The van der Waals surface area contributed by atoms with Crippen LogP contribution in [0.25, 0.3) is 5.57 Å². The van der Waals surface area contributed by atoms with Crippen molar-refractivity contribution in [1.82, 2.24) is 14.9 Å². The lowest BCUT2D eigenvalue weighted by molar-refractivity contribution is 0.0772. The third-order valence-electron chi connectivity index (χ3n) is 6.55. The van der Waals surface area contributed by atoms with Crippen molar-refractivity contribution in [3.05, 3.63) is 65.2 Å². The van der Waals surface area contributed by atoms with Gasteiger partial charge in [-0.1, -0.05) is 19.1 Å². The van der Waals surface area contributed by atoms with Gasteiger partial charge in [0.2, 0.25) is 10.0 Å². The Morgan fingerprint density at radius 3 is 2.35 bits per heavy atom. The lowest BCUT2D eigenvalue weighted by Crippen LogP contribution is -2.46. The summed E-state index contributed by atoms with van der Waals surface area (Å²) in [6, 6.07) is 12.6. The van der Waals surface area contributed by atoms with Crippen LogP contribution in [0.3, 0.4) is 0 Å². The number of piperidine rings is 1. The molecule has 2 aromatic rings. The summed E-state index contributed by atoms with van der Waals surface area (Å²) in [5.41, 5.74) is 2.80. The molecule has 2 N–H and O–H groups in total. The molecule has 0 atom stereocenters. The highest BCUT2D eigenvalue weighted by Gasteiger charge is 2.37. The molecule has 1 fully saturated rings. The first-order chi connectivity index (χ1) is 16.3. The maximum absolute atomic E-state index is 12.8. The minimum absolute atomic E-state index is 0.00625. The molecule has 1 saturated heterocycles. The number of hydrogen-bond donors (Lipinski definition) is 2. The van der Waals surface area contributed by atoms with Gasteiger partial charge >= 0.3 is 0 Å². The van der Waals surface area contributed by atoms with Crippen LogP contribution < -0.4 is 14.8 Å². The minimum atomic E-state index is -3.61. The third-order valence-corrected chi connectivity index (χ3v) is 8.09. The van der Waals surface area contributed by atoms with Crippen molar-refractivity contribution < 1.29 is 17.9 Å². The topological polar surface area (TPSA) is 87.7 Å². The van der Waals surface area contributed by atoms with E-state index in [0.717, 1.165) is 42.6 Å². The van der Waals surface area contributed by atoms with E-state index in [2.05, 4.69) is 16.1 Å². The maximum Gasteiger partial charge on any atom is 0.253 e. The summed E-state index contributed by atoms with van der Waals surface area (Å²) in [6.07, 6.45) is 3.79. The van der Waals surface area contributed by atoms with Gasteiger partial charge in [0.1, 0.15) is 11.4 Å². The zero-order chi connectivity index (χ0) is 24.3. The Morgan fingerprint density at radius 2 is 1.74 bits per heavy atom. The first-order valence-electron chi connectivity index (χ1n) is 12.0. The Labute approximate surface area is 202 Å². The maximum atomic E-state index is 12.8. The molecule has 4 rings (SSSR count). The number of benzene rings is 2. The van der Waals surface area contributed by atoms with Crippen LogP contribution in [-0.4, -0.2) is 57.5 Å². The van der Waals surface area contributed by atoms with Crippen LogP contribution in [0.2, 0.25) is 0 Å². The number of ether oxygens (including phenoxy) is 1. The molecule has 2 aliphatic heterocycles. The number of carbonyl (C=O) groups is 1. The molecule has 2 heterocycles. The van der Waals surface area contributed by atoms with Crippen LogP contribution in [0.15, 0.2) is 53.4 Å². The number of carbonyl (C=O) groups excluding carboxylic acids is 1. The van der Waals surface area contributed by atoms with Crippen molar-refractivity contribution in [2.24, 2.45) is 0 Å². The molecular weight excluding hydrogens is 450 g/mol. The first kappa shape index (κ1) is 24.4. The van der Waals surface area contributed by atoms with Crippen molar-refractivity contribution in [1.29, 1.82) is 0 Å². The summed E-state index contributed by atoms with van der Waals surface area (Å²) >= 11 is 0. The molecule has 8 heteroatoms. The number of nitrogens with zero attached hydrogens (tertiary/aromatic N) is 1. The SMILES string of the molecule is CCNS(=O)(=O)c1ccc2c(c1)C(c1ccc(C(=O)N(CC)CC)cc1)=CC1(CCNCC1)O2. The van der Waals surface area contributed by atoms with Gasteiger partial charge in [0, 0.05) is 43.6 Å². The molecule has 1 spiro atoms. The quantitative estimate of drug-likeness (QED) is 0.630. The van der Waals surface area contributed by atoms with Gasteiger partial charge in [0.15, 0.2) is 0 Å². The second-order valence-corrected chi connectivity index (χ2v) is 10.5. The van der Waals surface area contributed by atoms with E-state index < -0.39 is 15.6 Å². The average molecular weight is 484 g/mol. The van der Waals surface area contributed by atoms with Crippen LogP contribution in [0.5, 0.6) is 5.75 Å². The second kappa shape index (κ2) is 9.90. The standard InChI is InChI=1S/C26H33N3O4S/c1-4-28-34(31,32)21-11-12-24-22(17-21)23(18-26(33-24)13-15-27-16-14-26)19-7-9-20(10-8-19)25(30)29(5-2)6-3/h7-12,17-18,27-28H,4-6,13-16H2,1-3H3. The number of amides is 1. The van der Waals surface area contributed by atoms with Crippen LogP contribution in [0.4, 0.5) is 0 Å². The van der Waals surface area contributed by atoms with Gasteiger partial charge in [-0.2, -0.15) is 0 Å². The zero-order valence-corrected chi connectivity index (χ0v) is 20.9. The monoisotopic (exact) mass is 483 g/mol. The van der Waals surface area contributed by atoms with Crippen LogP contribution >= 0.6 is 0 Å². The first-order valence-corrected chi connectivity index (χ1v) is 13.5. The van der Waals surface area contributed by atoms with E-state index in [9.17, 15) is 13.2 Å². The fourth-order valence-electron chi connectivity index (χ4n) is 4.66. The van der Waals surface area contributed by atoms with E-state index in [0.29, 0.717) is 30.9 Å². The molecule has 7 nitrogen and oxygen atoms in total. The molecule has 0 aliphatic carbocycles. The fourth-order valence-corrected chi connectivity index (χ4v) is 5.73. The van der Waals surface area contributed by atoms with Gasteiger partial charge in [-0.25, -0.2) is 13.1 Å². The number of hydrogen-bond acceptors (Lipinski definition) is 5. The van der Waals surface area contributed by atoms with Gasteiger partial charge in [0.25, 0.3) is 5.91 Å². The Balaban J connectivity index is 1.78. The lowest BCUT2D eigenvalue weighted by atomic mass is 9.83. The van der Waals surface area contributed by atoms with E-state index in [4.69, 9.17) is 4.74 Å². The Kier molecular flexibility index (Phi) is 7.12. The second-order valence-electron chi connectivity index (χ2n) is 8.69. The van der Waals surface area contributed by atoms with Crippen molar-refractivity contribution in [2.45, 2.75) is 44.1 Å². The summed E-state index contributed by atoms with van der Waals surface area (Å²) in [7, 11) is -3.61. The number of nitrogens with one attached hydrogen (secondary N) is 2. The van der Waals surface area contributed by atoms with Crippen LogP contribution in [-0.2, 0) is 10.0 Å². The molecule has 2 aliphatic rings. The van der Waals surface area contributed by atoms with Crippen molar-refractivity contribution in [2.75, 3.05) is 32.7 Å². The Hall–Kier alpha value is -2.68. The molecule has 0 unspecified atom stereocenters. The third kappa shape index (κ3) is 4.76. The molecule has 34 heavy (non-hydrogen) atoms. The zero-order valence-electron chi connectivity index (χ0n) is 20.1. The van der Waals surface area contributed by atoms with Gasteiger partial charge in [-0.15, -0.1) is 0 Å². The van der Waals surface area contributed by atoms with Crippen molar-refractivity contribution in [3.8, 4) is 5.75 Å². The molecule has 0 bridgehead atoms. The van der Waals surface area contributed by atoms with E-state index in [1.807, 2.05) is 38.1 Å². The molecule has 0 radical (unpaired) electrons. The summed E-state index contributed by atoms with van der Waals surface area (Å²) in [5.74, 6) is 0.685. The highest BCUT2D eigenvalue weighted by atomic mass is 32.2.